The van der Waals surface area contributed by atoms with Gasteiger partial charge >= 0.3 is 0 Å². The van der Waals surface area contributed by atoms with Gasteiger partial charge in [-0.25, -0.2) is 0 Å². The quantitative estimate of drug-likeness (QED) is 0.553. The maximum absolute atomic E-state index is 9.22. The highest BCUT2D eigenvalue weighted by Gasteiger charge is 2.11. The molecule has 2 nitrogen and oxygen atoms in total. The SMILES string of the molecule is C[C@@H]1C=C(CN)C=CC1O. The van der Waals surface area contributed by atoms with Crippen LogP contribution >= 0.6 is 0 Å². The van der Waals surface area contributed by atoms with Gasteiger partial charge in [-0.3, -0.25) is 0 Å². The van der Waals surface area contributed by atoms with Crippen molar-refractivity contribution in [2.75, 3.05) is 6.54 Å². The molecule has 1 aliphatic carbocycles. The van der Waals surface area contributed by atoms with E-state index in [1.807, 2.05) is 19.1 Å². The Hall–Kier alpha value is -0.600. The summed E-state index contributed by atoms with van der Waals surface area (Å²) in [5.74, 6) is 0.212. The first-order chi connectivity index (χ1) is 4.74. The monoisotopic (exact) mass is 139 g/mol. The number of hydrogen-bond acceptors (Lipinski definition) is 2. The zero-order valence-corrected chi connectivity index (χ0v) is 6.12. The summed E-state index contributed by atoms with van der Waals surface area (Å²) in [7, 11) is 0. The molecule has 0 aromatic rings. The molecule has 2 heteroatoms. The molecule has 0 saturated heterocycles. The standard InChI is InChI=1S/C8H13NO/c1-6-4-7(5-9)2-3-8(6)10/h2-4,6,8,10H,5,9H2,1H3/t6-,8?/m1/s1. The van der Waals surface area contributed by atoms with E-state index in [0.717, 1.165) is 5.57 Å². The van der Waals surface area contributed by atoms with Crippen molar-refractivity contribution in [2.24, 2.45) is 11.7 Å². The first-order valence-corrected chi connectivity index (χ1v) is 3.51. The molecule has 0 saturated carbocycles. The minimum atomic E-state index is -0.324. The van der Waals surface area contributed by atoms with Gasteiger partial charge in [0.05, 0.1) is 6.10 Å². The molecule has 0 fully saturated rings. The highest BCUT2D eigenvalue weighted by molar-refractivity contribution is 5.26. The fourth-order valence-electron chi connectivity index (χ4n) is 1.03. The first kappa shape index (κ1) is 7.51. The van der Waals surface area contributed by atoms with Gasteiger partial charge in [0.1, 0.15) is 0 Å². The highest BCUT2D eigenvalue weighted by Crippen LogP contribution is 2.15. The zero-order valence-electron chi connectivity index (χ0n) is 6.12. The largest absolute Gasteiger partial charge is 0.388 e. The highest BCUT2D eigenvalue weighted by atomic mass is 16.3. The second kappa shape index (κ2) is 2.99. The van der Waals surface area contributed by atoms with E-state index < -0.39 is 0 Å². The Morgan fingerprint density at radius 3 is 2.90 bits per heavy atom. The number of hydrogen-bond donors (Lipinski definition) is 2. The maximum Gasteiger partial charge on any atom is 0.0784 e. The van der Waals surface area contributed by atoms with Gasteiger partial charge in [0.2, 0.25) is 0 Å². The Kier molecular flexibility index (Phi) is 2.25. The predicted octanol–water partition coefficient (Wildman–Crippen LogP) is 0.438. The third kappa shape index (κ3) is 1.46. The molecule has 1 rings (SSSR count). The third-order valence-corrected chi connectivity index (χ3v) is 1.76. The molecule has 0 amide bonds. The Morgan fingerprint density at radius 1 is 1.70 bits per heavy atom. The van der Waals surface area contributed by atoms with Crippen molar-refractivity contribution in [3.05, 3.63) is 23.8 Å². The van der Waals surface area contributed by atoms with Gasteiger partial charge in [0.15, 0.2) is 0 Å². The summed E-state index contributed by atoms with van der Waals surface area (Å²) in [6, 6.07) is 0. The molecular formula is C8H13NO. The lowest BCUT2D eigenvalue weighted by Crippen LogP contribution is -2.17. The minimum Gasteiger partial charge on any atom is -0.388 e. The molecule has 0 spiro atoms. The smallest absolute Gasteiger partial charge is 0.0784 e. The molecule has 0 aromatic heterocycles. The van der Waals surface area contributed by atoms with Gasteiger partial charge in [-0.15, -0.1) is 0 Å². The predicted molar refractivity (Wildman–Crippen MR) is 41.4 cm³/mol. The van der Waals surface area contributed by atoms with Crippen molar-refractivity contribution in [2.45, 2.75) is 13.0 Å². The molecule has 0 aliphatic heterocycles. The molecule has 10 heavy (non-hydrogen) atoms. The normalized spacial score (nSPS) is 32.1. The van der Waals surface area contributed by atoms with Gasteiger partial charge in [0.25, 0.3) is 0 Å². The Balaban J connectivity index is 2.66. The molecule has 2 atom stereocenters. The molecule has 0 heterocycles. The lowest BCUT2D eigenvalue weighted by atomic mass is 9.95. The average Bonchev–Trinajstić information content (AvgIpc) is 1.95. The number of nitrogens with two attached hydrogens (primary N) is 1. The van der Waals surface area contributed by atoms with Crippen molar-refractivity contribution in [1.82, 2.24) is 0 Å². The lowest BCUT2D eigenvalue weighted by molar-refractivity contribution is 0.183. The molecule has 3 N–H and O–H groups in total. The summed E-state index contributed by atoms with van der Waals surface area (Å²) in [5, 5.41) is 9.22. The summed E-state index contributed by atoms with van der Waals surface area (Å²) in [5.41, 5.74) is 6.52. The van der Waals surface area contributed by atoms with E-state index in [1.165, 1.54) is 0 Å². The molecule has 0 radical (unpaired) electrons. The van der Waals surface area contributed by atoms with E-state index >= 15 is 0 Å². The fraction of sp³-hybridized carbons (Fsp3) is 0.500. The van der Waals surface area contributed by atoms with E-state index in [0.29, 0.717) is 6.54 Å². The van der Waals surface area contributed by atoms with Crippen LogP contribution < -0.4 is 5.73 Å². The number of aliphatic hydroxyl groups excluding tert-OH is 1. The van der Waals surface area contributed by atoms with Gasteiger partial charge in [0, 0.05) is 12.5 Å². The van der Waals surface area contributed by atoms with Crippen molar-refractivity contribution < 1.29 is 5.11 Å². The molecule has 0 aromatic carbocycles. The van der Waals surface area contributed by atoms with Crippen LogP contribution in [-0.4, -0.2) is 17.8 Å². The molecule has 1 unspecified atom stereocenters. The van der Waals surface area contributed by atoms with Gasteiger partial charge in [-0.2, -0.15) is 0 Å². The van der Waals surface area contributed by atoms with Gasteiger partial charge in [-0.1, -0.05) is 25.2 Å². The van der Waals surface area contributed by atoms with E-state index in [1.54, 1.807) is 6.08 Å². The van der Waals surface area contributed by atoms with Crippen molar-refractivity contribution >= 4 is 0 Å². The van der Waals surface area contributed by atoms with E-state index in [2.05, 4.69) is 0 Å². The van der Waals surface area contributed by atoms with Crippen molar-refractivity contribution in [1.29, 1.82) is 0 Å². The fourth-order valence-corrected chi connectivity index (χ4v) is 1.03. The van der Waals surface area contributed by atoms with E-state index in [4.69, 9.17) is 5.73 Å². The summed E-state index contributed by atoms with van der Waals surface area (Å²) in [4.78, 5) is 0. The van der Waals surface area contributed by atoms with Crippen LogP contribution in [0.1, 0.15) is 6.92 Å². The minimum absolute atomic E-state index is 0.212. The topological polar surface area (TPSA) is 46.2 Å². The molecule has 56 valence electrons. The van der Waals surface area contributed by atoms with Gasteiger partial charge < -0.3 is 10.8 Å². The van der Waals surface area contributed by atoms with Gasteiger partial charge in [-0.05, 0) is 5.57 Å². The van der Waals surface area contributed by atoms with Crippen molar-refractivity contribution in [3.8, 4) is 0 Å². The first-order valence-electron chi connectivity index (χ1n) is 3.51. The summed E-state index contributed by atoms with van der Waals surface area (Å²) in [6.45, 7) is 2.54. The second-order valence-corrected chi connectivity index (χ2v) is 2.65. The summed E-state index contributed by atoms with van der Waals surface area (Å²) >= 11 is 0. The Labute approximate surface area is 61.0 Å². The third-order valence-electron chi connectivity index (χ3n) is 1.76. The van der Waals surface area contributed by atoms with Crippen LogP contribution in [0.15, 0.2) is 23.8 Å². The zero-order chi connectivity index (χ0) is 7.56. The van der Waals surface area contributed by atoms with Crippen LogP contribution in [0.3, 0.4) is 0 Å². The van der Waals surface area contributed by atoms with Crippen LogP contribution in [0.25, 0.3) is 0 Å². The average molecular weight is 139 g/mol. The van der Waals surface area contributed by atoms with Crippen LogP contribution in [-0.2, 0) is 0 Å². The molecular weight excluding hydrogens is 126 g/mol. The van der Waals surface area contributed by atoms with Crippen LogP contribution in [0.2, 0.25) is 0 Å². The lowest BCUT2D eigenvalue weighted by Gasteiger charge is -2.16. The number of rotatable bonds is 1. The summed E-state index contributed by atoms with van der Waals surface area (Å²) in [6.07, 6.45) is 5.35. The Morgan fingerprint density at radius 2 is 2.40 bits per heavy atom. The Bertz CT molecular complexity index is 172. The van der Waals surface area contributed by atoms with E-state index in [9.17, 15) is 5.11 Å². The maximum atomic E-state index is 9.22. The second-order valence-electron chi connectivity index (χ2n) is 2.65. The molecule has 1 aliphatic rings. The van der Waals surface area contributed by atoms with Crippen LogP contribution in [0.5, 0.6) is 0 Å². The van der Waals surface area contributed by atoms with Crippen LogP contribution in [0, 0.1) is 5.92 Å². The number of aliphatic hydroxyl groups is 1. The molecule has 0 bridgehead atoms. The summed E-state index contributed by atoms with van der Waals surface area (Å²) < 4.78 is 0. The van der Waals surface area contributed by atoms with E-state index in [-0.39, 0.29) is 12.0 Å². The van der Waals surface area contributed by atoms with Crippen LogP contribution in [0.4, 0.5) is 0 Å². The van der Waals surface area contributed by atoms with Crippen molar-refractivity contribution in [3.63, 3.8) is 0 Å².